The van der Waals surface area contributed by atoms with Crippen LogP contribution in [0.15, 0.2) is 91.0 Å². The van der Waals surface area contributed by atoms with E-state index in [1.54, 1.807) is 0 Å². The van der Waals surface area contributed by atoms with Crippen LogP contribution in [0.4, 0.5) is 17.1 Å². The topological polar surface area (TPSA) is 12.5 Å². The fraction of sp³-hybridized carbons (Fsp3) is 0.429. The molecule has 4 saturated carbocycles. The van der Waals surface area contributed by atoms with Crippen LogP contribution in [0.1, 0.15) is 94.9 Å². The highest BCUT2D eigenvalue weighted by molar-refractivity contribution is 5.85. The van der Waals surface area contributed by atoms with Gasteiger partial charge in [-0.2, -0.15) is 0 Å². The lowest BCUT2D eigenvalue weighted by atomic mass is 9.41. The minimum atomic E-state index is -0.0230. The van der Waals surface area contributed by atoms with Gasteiger partial charge in [0.2, 0.25) is 0 Å². The van der Waals surface area contributed by atoms with E-state index in [1.165, 1.54) is 84.3 Å². The zero-order valence-electron chi connectivity index (χ0n) is 26.8. The zero-order chi connectivity index (χ0) is 29.8. The summed E-state index contributed by atoms with van der Waals surface area (Å²) in [5.41, 5.74) is 9.96. The first kappa shape index (κ1) is 26.8. The van der Waals surface area contributed by atoms with Crippen LogP contribution in [-0.4, -0.2) is 0 Å². The lowest BCUT2D eigenvalue weighted by Crippen LogP contribution is -2.57. The summed E-state index contributed by atoms with van der Waals surface area (Å²) in [4.78, 5) is 2.63. The van der Waals surface area contributed by atoms with Crippen LogP contribution in [0.2, 0.25) is 0 Å². The highest BCUT2D eigenvalue weighted by Gasteiger charge is 2.62. The van der Waals surface area contributed by atoms with Crippen LogP contribution in [0.25, 0.3) is 0 Å². The second-order valence-corrected chi connectivity index (χ2v) is 16.1. The Morgan fingerprint density at radius 2 is 1.11 bits per heavy atom. The van der Waals surface area contributed by atoms with Gasteiger partial charge in [-0.25, -0.2) is 0 Å². The molecule has 4 aromatic carbocycles. The number of hydrogen-bond acceptors (Lipinski definition) is 2. The second-order valence-electron chi connectivity index (χ2n) is 16.1. The number of ether oxygens (including phenoxy) is 1. The average molecular weight is 580 g/mol. The fourth-order valence-corrected chi connectivity index (χ4v) is 11.0. The molecular weight excluding hydrogens is 534 g/mol. The number of hydrogen-bond donors (Lipinski definition) is 0. The predicted molar refractivity (Wildman–Crippen MR) is 181 cm³/mol. The molecule has 0 saturated heterocycles. The van der Waals surface area contributed by atoms with Crippen LogP contribution in [0.5, 0.6) is 11.5 Å². The largest absolute Gasteiger partial charge is 0.457 e. The third kappa shape index (κ3) is 3.60. The van der Waals surface area contributed by atoms with Crippen molar-refractivity contribution in [1.82, 2.24) is 0 Å². The maximum atomic E-state index is 6.93. The zero-order valence-corrected chi connectivity index (χ0v) is 26.8. The predicted octanol–water partition coefficient (Wildman–Crippen LogP) is 11.4. The maximum absolute atomic E-state index is 6.93. The van der Waals surface area contributed by atoms with Crippen molar-refractivity contribution in [3.05, 3.63) is 113 Å². The summed E-state index contributed by atoms with van der Waals surface area (Å²) in [7, 11) is 0. The Morgan fingerprint density at radius 1 is 0.545 bits per heavy atom. The normalized spacial score (nSPS) is 29.8. The summed E-state index contributed by atoms with van der Waals surface area (Å²) in [5.74, 6) is 5.24. The van der Waals surface area contributed by atoms with Crippen molar-refractivity contribution in [2.24, 2.45) is 23.7 Å². The number of nitrogens with zero attached hydrogens (tertiary/aromatic N) is 1. The average Bonchev–Trinajstić information content (AvgIpc) is 3.02. The molecule has 6 aliphatic rings. The first-order valence-electron chi connectivity index (χ1n) is 17.2. The standard InChI is InChI=1S/C42H45NO/c1-40(2)20-21-41(3,4)38-33(40)15-10-16-34(38)43(31-12-6-5-7-13-31)35-17-11-19-37-39(35)42(32-14-8-9-18-36(32)44-37)29-23-27-22-28(25-29)26-30(42)24-27/h5-19,27-30H,20-26H2,1-4H3. The first-order chi connectivity index (χ1) is 21.3. The van der Waals surface area contributed by atoms with E-state index in [4.69, 9.17) is 4.74 Å². The number of rotatable bonds is 3. The van der Waals surface area contributed by atoms with Gasteiger partial charge in [0.25, 0.3) is 0 Å². The van der Waals surface area contributed by atoms with Gasteiger partial charge in [0.15, 0.2) is 0 Å². The molecule has 0 N–H and O–H groups in total. The van der Waals surface area contributed by atoms with E-state index in [1.807, 2.05) is 0 Å². The van der Waals surface area contributed by atoms with Crippen LogP contribution in [0, 0.1) is 23.7 Å². The van der Waals surface area contributed by atoms with Crippen molar-refractivity contribution in [2.75, 3.05) is 4.90 Å². The molecule has 0 unspecified atom stereocenters. The summed E-state index contributed by atoms with van der Waals surface area (Å²) in [6.07, 6.45) is 9.25. The minimum Gasteiger partial charge on any atom is -0.457 e. The molecule has 224 valence electrons. The van der Waals surface area contributed by atoms with Crippen molar-refractivity contribution in [1.29, 1.82) is 0 Å². The molecule has 2 heteroatoms. The molecule has 0 radical (unpaired) electrons. The van der Waals surface area contributed by atoms with Gasteiger partial charge in [0.1, 0.15) is 11.5 Å². The van der Waals surface area contributed by atoms with Gasteiger partial charge in [-0.05, 0) is 127 Å². The molecule has 5 aliphatic carbocycles. The Balaban J connectivity index is 1.36. The van der Waals surface area contributed by atoms with Crippen molar-refractivity contribution in [3.63, 3.8) is 0 Å². The quantitative estimate of drug-likeness (QED) is 0.239. The van der Waals surface area contributed by atoms with Gasteiger partial charge in [0.05, 0.1) is 11.4 Å². The Labute approximate surface area is 263 Å². The van der Waals surface area contributed by atoms with E-state index in [9.17, 15) is 0 Å². The summed E-state index contributed by atoms with van der Waals surface area (Å²) >= 11 is 0. The van der Waals surface area contributed by atoms with E-state index >= 15 is 0 Å². The third-order valence-electron chi connectivity index (χ3n) is 12.7. The molecule has 4 bridgehead atoms. The second kappa shape index (κ2) is 9.25. The third-order valence-corrected chi connectivity index (χ3v) is 12.7. The van der Waals surface area contributed by atoms with Crippen molar-refractivity contribution in [2.45, 2.75) is 88.9 Å². The molecule has 0 aromatic heterocycles. The Hall–Kier alpha value is -3.52. The summed E-state index contributed by atoms with van der Waals surface area (Å²) in [6.45, 7) is 9.81. The number of para-hydroxylation sites is 2. The van der Waals surface area contributed by atoms with E-state index in [0.717, 1.165) is 23.3 Å². The number of fused-ring (bicyclic) bond motifs is 3. The van der Waals surface area contributed by atoms with E-state index < -0.39 is 0 Å². The molecule has 44 heavy (non-hydrogen) atoms. The molecule has 1 aliphatic heterocycles. The Morgan fingerprint density at radius 3 is 1.84 bits per heavy atom. The molecule has 1 spiro atoms. The van der Waals surface area contributed by atoms with E-state index in [2.05, 4.69) is 124 Å². The number of anilines is 3. The lowest BCUT2D eigenvalue weighted by molar-refractivity contribution is -0.0449. The van der Waals surface area contributed by atoms with Gasteiger partial charge in [-0.15, -0.1) is 0 Å². The van der Waals surface area contributed by atoms with E-state index in [0.29, 0.717) is 11.8 Å². The number of benzene rings is 4. The molecule has 4 aromatic rings. The molecule has 10 rings (SSSR count). The van der Waals surface area contributed by atoms with Crippen molar-refractivity contribution in [3.8, 4) is 11.5 Å². The Kier molecular flexibility index (Phi) is 5.65. The highest BCUT2D eigenvalue weighted by atomic mass is 16.5. The molecule has 0 amide bonds. The van der Waals surface area contributed by atoms with Gasteiger partial charge in [-0.3, -0.25) is 0 Å². The highest BCUT2D eigenvalue weighted by Crippen LogP contribution is 2.70. The summed E-state index contributed by atoms with van der Waals surface area (Å²) in [6, 6.07) is 34.3. The lowest BCUT2D eigenvalue weighted by Gasteiger charge is -2.63. The Bertz CT molecular complexity index is 1740. The molecule has 4 fully saturated rings. The molecule has 1 heterocycles. The SMILES string of the molecule is CC1(C)CCC(C)(C)c2c(N(c3ccccc3)c3cccc4c3C3(c5ccccc5O4)C4CC5CC(C4)CC3C5)cccc21. The maximum Gasteiger partial charge on any atom is 0.133 e. The van der Waals surface area contributed by atoms with Crippen LogP contribution in [-0.2, 0) is 16.2 Å². The smallest absolute Gasteiger partial charge is 0.133 e. The van der Waals surface area contributed by atoms with Crippen molar-refractivity contribution >= 4 is 17.1 Å². The van der Waals surface area contributed by atoms with E-state index in [-0.39, 0.29) is 16.2 Å². The van der Waals surface area contributed by atoms with Gasteiger partial charge in [-0.1, -0.05) is 82.3 Å². The molecule has 0 atom stereocenters. The van der Waals surface area contributed by atoms with Gasteiger partial charge < -0.3 is 9.64 Å². The van der Waals surface area contributed by atoms with Crippen molar-refractivity contribution < 1.29 is 4.74 Å². The fourth-order valence-electron chi connectivity index (χ4n) is 11.0. The summed E-state index contributed by atoms with van der Waals surface area (Å²) < 4.78 is 6.93. The minimum absolute atomic E-state index is 0.0230. The van der Waals surface area contributed by atoms with Crippen LogP contribution >= 0.6 is 0 Å². The van der Waals surface area contributed by atoms with Crippen LogP contribution < -0.4 is 9.64 Å². The van der Waals surface area contributed by atoms with Crippen LogP contribution in [0.3, 0.4) is 0 Å². The van der Waals surface area contributed by atoms with Gasteiger partial charge >= 0.3 is 0 Å². The van der Waals surface area contributed by atoms with Gasteiger partial charge in [0, 0.05) is 22.2 Å². The molecular formula is C42H45NO. The molecule has 2 nitrogen and oxygen atoms in total. The summed E-state index contributed by atoms with van der Waals surface area (Å²) in [5, 5.41) is 0. The first-order valence-corrected chi connectivity index (χ1v) is 17.2. The monoisotopic (exact) mass is 579 g/mol.